The number of rotatable bonds is 5. The molecule has 0 bridgehead atoms. The second-order valence-electron chi connectivity index (χ2n) is 9.80. The number of aromatic nitrogens is 1. The summed E-state index contributed by atoms with van der Waals surface area (Å²) in [4.78, 5) is 29.4. The molecule has 6 nitrogen and oxygen atoms in total. The SMILES string of the molecule is C[C@@H]1CCCC[C@@H]1NC(=O)[C@@]1(C)Cn2c(ccc2-c2ccco2)C(=O)N1Cc1ccc(Cl)cc1. The van der Waals surface area contributed by atoms with E-state index < -0.39 is 5.54 Å². The van der Waals surface area contributed by atoms with Gasteiger partial charge in [0.25, 0.3) is 5.91 Å². The number of carbonyl (C=O) groups is 2. The maximum absolute atomic E-state index is 13.9. The van der Waals surface area contributed by atoms with E-state index >= 15 is 0 Å². The summed E-state index contributed by atoms with van der Waals surface area (Å²) in [6.07, 6.45) is 6.01. The molecule has 1 aromatic carbocycles. The lowest BCUT2D eigenvalue weighted by atomic mass is 9.85. The number of nitrogens with zero attached hydrogens (tertiary/aromatic N) is 2. The molecule has 3 atom stereocenters. The van der Waals surface area contributed by atoms with E-state index in [0.29, 0.717) is 35.5 Å². The number of fused-ring (bicyclic) bond motifs is 1. The zero-order chi connectivity index (χ0) is 23.9. The zero-order valence-corrected chi connectivity index (χ0v) is 20.3. The minimum Gasteiger partial charge on any atom is -0.463 e. The number of carbonyl (C=O) groups excluding carboxylic acids is 2. The van der Waals surface area contributed by atoms with E-state index in [1.807, 2.05) is 60.0 Å². The highest BCUT2D eigenvalue weighted by Crippen LogP contribution is 2.35. The van der Waals surface area contributed by atoms with Crippen LogP contribution < -0.4 is 5.32 Å². The van der Waals surface area contributed by atoms with E-state index in [9.17, 15) is 9.59 Å². The quantitative estimate of drug-likeness (QED) is 0.524. The Balaban J connectivity index is 1.52. The van der Waals surface area contributed by atoms with E-state index in [2.05, 4.69) is 12.2 Å². The minimum atomic E-state index is -1.07. The average molecular weight is 480 g/mol. The summed E-state index contributed by atoms with van der Waals surface area (Å²) in [6, 6.07) is 14.9. The summed E-state index contributed by atoms with van der Waals surface area (Å²) in [5.41, 5.74) is 1.21. The van der Waals surface area contributed by atoms with E-state index in [1.54, 1.807) is 11.2 Å². The molecule has 1 saturated carbocycles. The molecule has 178 valence electrons. The van der Waals surface area contributed by atoms with Crippen molar-refractivity contribution < 1.29 is 14.0 Å². The van der Waals surface area contributed by atoms with Crippen LogP contribution in [0.3, 0.4) is 0 Å². The van der Waals surface area contributed by atoms with Crippen molar-refractivity contribution in [3.8, 4) is 11.5 Å². The van der Waals surface area contributed by atoms with Gasteiger partial charge in [0.2, 0.25) is 5.91 Å². The third-order valence-electron chi connectivity index (χ3n) is 7.45. The van der Waals surface area contributed by atoms with Crippen LogP contribution in [0.5, 0.6) is 0 Å². The first-order valence-corrected chi connectivity index (χ1v) is 12.4. The van der Waals surface area contributed by atoms with E-state index in [0.717, 1.165) is 30.5 Å². The summed E-state index contributed by atoms with van der Waals surface area (Å²) in [6.45, 7) is 4.74. The van der Waals surface area contributed by atoms with Crippen LogP contribution in [0, 0.1) is 5.92 Å². The molecule has 1 fully saturated rings. The molecule has 5 rings (SSSR count). The summed E-state index contributed by atoms with van der Waals surface area (Å²) < 4.78 is 7.54. The molecule has 1 aliphatic heterocycles. The Morgan fingerprint density at radius 1 is 1.12 bits per heavy atom. The van der Waals surface area contributed by atoms with Gasteiger partial charge in [-0.1, -0.05) is 43.5 Å². The van der Waals surface area contributed by atoms with Crippen LogP contribution in [-0.2, 0) is 17.9 Å². The van der Waals surface area contributed by atoms with Crippen LogP contribution in [0.2, 0.25) is 5.02 Å². The number of benzene rings is 1. The van der Waals surface area contributed by atoms with Gasteiger partial charge >= 0.3 is 0 Å². The van der Waals surface area contributed by atoms with Gasteiger partial charge < -0.3 is 19.2 Å². The second kappa shape index (κ2) is 8.99. The van der Waals surface area contributed by atoms with Crippen LogP contribution >= 0.6 is 11.6 Å². The van der Waals surface area contributed by atoms with Crippen molar-refractivity contribution >= 4 is 23.4 Å². The lowest BCUT2D eigenvalue weighted by Gasteiger charge is -2.45. The van der Waals surface area contributed by atoms with Crippen molar-refractivity contribution in [2.45, 2.75) is 64.2 Å². The summed E-state index contributed by atoms with van der Waals surface area (Å²) in [5.74, 6) is 0.812. The Labute approximate surface area is 204 Å². The highest BCUT2D eigenvalue weighted by atomic mass is 35.5. The molecule has 2 aliphatic rings. The maximum atomic E-state index is 13.9. The van der Waals surface area contributed by atoms with Crippen LogP contribution in [0.15, 0.2) is 59.2 Å². The predicted octanol–water partition coefficient (Wildman–Crippen LogP) is 5.51. The number of amides is 2. The summed E-state index contributed by atoms with van der Waals surface area (Å²) >= 11 is 6.07. The fraction of sp³-hybridized carbons (Fsp3) is 0.407. The van der Waals surface area contributed by atoms with Gasteiger partial charge in [-0.15, -0.1) is 0 Å². The highest BCUT2D eigenvalue weighted by molar-refractivity contribution is 6.30. The van der Waals surface area contributed by atoms with Gasteiger partial charge in [0.15, 0.2) is 0 Å². The molecule has 34 heavy (non-hydrogen) atoms. The Hall–Kier alpha value is -2.99. The zero-order valence-electron chi connectivity index (χ0n) is 19.6. The Morgan fingerprint density at radius 2 is 1.85 bits per heavy atom. The molecular weight excluding hydrogens is 450 g/mol. The van der Waals surface area contributed by atoms with Crippen LogP contribution in [0.25, 0.3) is 11.5 Å². The smallest absolute Gasteiger partial charge is 0.271 e. The molecule has 7 heteroatoms. The third kappa shape index (κ3) is 4.05. The Morgan fingerprint density at radius 3 is 2.56 bits per heavy atom. The first-order chi connectivity index (χ1) is 16.4. The molecule has 1 N–H and O–H groups in total. The van der Waals surface area contributed by atoms with Crippen molar-refractivity contribution in [2.24, 2.45) is 5.92 Å². The van der Waals surface area contributed by atoms with E-state index in [4.69, 9.17) is 16.0 Å². The first kappa shape index (κ1) is 22.8. The summed E-state index contributed by atoms with van der Waals surface area (Å²) in [5, 5.41) is 3.95. The monoisotopic (exact) mass is 479 g/mol. The van der Waals surface area contributed by atoms with Gasteiger partial charge in [-0.3, -0.25) is 9.59 Å². The maximum Gasteiger partial charge on any atom is 0.271 e. The van der Waals surface area contributed by atoms with Crippen molar-refractivity contribution in [3.05, 3.63) is 71.1 Å². The second-order valence-corrected chi connectivity index (χ2v) is 10.2. The molecule has 0 unspecified atom stereocenters. The van der Waals surface area contributed by atoms with Gasteiger partial charge in [0.1, 0.15) is 17.0 Å². The number of hydrogen-bond donors (Lipinski definition) is 1. The van der Waals surface area contributed by atoms with Crippen LogP contribution in [0.1, 0.15) is 55.6 Å². The lowest BCUT2D eigenvalue weighted by Crippen LogP contribution is -2.65. The number of hydrogen-bond acceptors (Lipinski definition) is 3. The standard InChI is InChI=1S/C27H30ClN3O3/c1-18-6-3-4-7-21(18)29-26(33)27(2)17-30-22(24-8-5-15-34-24)13-14-23(30)25(32)31(27)16-19-9-11-20(28)12-10-19/h5,8-15,18,21H,3-4,6-7,16-17H2,1-2H3,(H,29,33)/t18-,21+,27-/m1/s1. The molecule has 3 aromatic rings. The average Bonchev–Trinajstić information content (AvgIpc) is 3.49. The Kier molecular flexibility index (Phi) is 6.02. The number of furan rings is 1. The van der Waals surface area contributed by atoms with Crippen molar-refractivity contribution in [2.75, 3.05) is 0 Å². The van der Waals surface area contributed by atoms with Crippen molar-refractivity contribution in [1.29, 1.82) is 0 Å². The topological polar surface area (TPSA) is 67.5 Å². The van der Waals surface area contributed by atoms with E-state index in [1.165, 1.54) is 6.42 Å². The molecular formula is C27H30ClN3O3. The Bertz CT molecular complexity index is 1180. The molecule has 3 heterocycles. The number of nitrogens with one attached hydrogen (secondary N) is 1. The molecule has 2 aromatic heterocycles. The highest BCUT2D eigenvalue weighted by Gasteiger charge is 2.48. The largest absolute Gasteiger partial charge is 0.463 e. The molecule has 0 saturated heterocycles. The van der Waals surface area contributed by atoms with Crippen LogP contribution in [0.4, 0.5) is 0 Å². The van der Waals surface area contributed by atoms with Gasteiger partial charge in [0, 0.05) is 17.6 Å². The number of halogens is 1. The lowest BCUT2D eigenvalue weighted by molar-refractivity contribution is -0.134. The minimum absolute atomic E-state index is 0.113. The van der Waals surface area contributed by atoms with Gasteiger partial charge in [-0.25, -0.2) is 0 Å². The normalized spacial score (nSPS) is 24.7. The van der Waals surface area contributed by atoms with Gasteiger partial charge in [-0.05, 0) is 67.6 Å². The molecule has 1 aliphatic carbocycles. The van der Waals surface area contributed by atoms with Gasteiger partial charge in [0.05, 0.1) is 18.5 Å². The molecule has 0 radical (unpaired) electrons. The summed E-state index contributed by atoms with van der Waals surface area (Å²) in [7, 11) is 0. The van der Waals surface area contributed by atoms with Crippen LogP contribution in [-0.4, -0.2) is 32.9 Å². The van der Waals surface area contributed by atoms with Crippen molar-refractivity contribution in [1.82, 2.24) is 14.8 Å². The van der Waals surface area contributed by atoms with Gasteiger partial charge in [-0.2, -0.15) is 0 Å². The predicted molar refractivity (Wildman–Crippen MR) is 131 cm³/mol. The van der Waals surface area contributed by atoms with Crippen molar-refractivity contribution in [3.63, 3.8) is 0 Å². The van der Waals surface area contributed by atoms with E-state index in [-0.39, 0.29) is 17.9 Å². The third-order valence-corrected chi connectivity index (χ3v) is 7.70. The molecule has 0 spiro atoms. The molecule has 2 amide bonds. The first-order valence-electron chi connectivity index (χ1n) is 12.0. The fourth-order valence-corrected chi connectivity index (χ4v) is 5.41. The fourth-order valence-electron chi connectivity index (χ4n) is 5.29.